The van der Waals surface area contributed by atoms with Crippen LogP contribution in [-0.4, -0.2) is 25.1 Å². The first kappa shape index (κ1) is 12.6. The Morgan fingerprint density at radius 3 is 2.75 bits per heavy atom. The molecular formula is C12H18N2O2. The molecule has 4 heteroatoms. The summed E-state index contributed by atoms with van der Waals surface area (Å²) in [5, 5.41) is 3.12. The van der Waals surface area contributed by atoms with E-state index in [2.05, 4.69) is 10.3 Å². The maximum absolute atomic E-state index is 11.6. The van der Waals surface area contributed by atoms with Crippen molar-refractivity contribution in [2.75, 3.05) is 14.2 Å². The first-order chi connectivity index (χ1) is 7.74. The average Bonchev–Trinajstić information content (AvgIpc) is 2.36. The molecule has 1 aromatic rings. The number of hydrogen-bond donors (Lipinski definition) is 1. The summed E-state index contributed by atoms with van der Waals surface area (Å²) in [5.74, 6) is -0.405. The fraction of sp³-hybridized carbons (Fsp3) is 0.500. The highest BCUT2D eigenvalue weighted by atomic mass is 16.5. The normalized spacial score (nSPS) is 14.2. The molecule has 1 aromatic heterocycles. The zero-order chi connectivity index (χ0) is 12.0. The van der Waals surface area contributed by atoms with Crippen LogP contribution < -0.4 is 5.32 Å². The highest BCUT2D eigenvalue weighted by Crippen LogP contribution is 2.23. The lowest BCUT2D eigenvalue weighted by Crippen LogP contribution is -2.31. The Bertz CT molecular complexity index is 327. The number of carbonyl (C=O) groups excluding carboxylic acids is 1. The van der Waals surface area contributed by atoms with Crippen molar-refractivity contribution in [1.82, 2.24) is 10.3 Å². The van der Waals surface area contributed by atoms with E-state index >= 15 is 0 Å². The molecule has 0 aliphatic carbocycles. The Hall–Kier alpha value is -1.42. The van der Waals surface area contributed by atoms with E-state index in [4.69, 9.17) is 4.74 Å². The van der Waals surface area contributed by atoms with Crippen molar-refractivity contribution in [1.29, 1.82) is 0 Å². The van der Waals surface area contributed by atoms with Crippen molar-refractivity contribution in [2.24, 2.45) is 5.92 Å². The summed E-state index contributed by atoms with van der Waals surface area (Å²) < 4.78 is 4.80. The van der Waals surface area contributed by atoms with Gasteiger partial charge in [0.25, 0.3) is 0 Å². The fourth-order valence-corrected chi connectivity index (χ4v) is 1.80. The van der Waals surface area contributed by atoms with E-state index < -0.39 is 0 Å². The second-order valence-electron chi connectivity index (χ2n) is 3.56. The third kappa shape index (κ3) is 2.79. The van der Waals surface area contributed by atoms with Gasteiger partial charge in [-0.05, 0) is 25.6 Å². The van der Waals surface area contributed by atoms with Crippen LogP contribution in [0.15, 0.2) is 24.4 Å². The van der Waals surface area contributed by atoms with Crippen LogP contribution in [0.3, 0.4) is 0 Å². The molecule has 2 unspecified atom stereocenters. The first-order valence-electron chi connectivity index (χ1n) is 5.40. The van der Waals surface area contributed by atoms with Gasteiger partial charge in [0.2, 0.25) is 0 Å². The summed E-state index contributed by atoms with van der Waals surface area (Å²) >= 11 is 0. The maximum Gasteiger partial charge on any atom is 0.310 e. The zero-order valence-corrected chi connectivity index (χ0v) is 9.93. The molecule has 0 saturated carbocycles. The van der Waals surface area contributed by atoms with Gasteiger partial charge in [-0.3, -0.25) is 9.78 Å². The van der Waals surface area contributed by atoms with E-state index in [0.717, 1.165) is 12.1 Å². The molecule has 0 fully saturated rings. The number of carbonyl (C=O) groups is 1. The molecule has 0 amide bonds. The van der Waals surface area contributed by atoms with Gasteiger partial charge in [0.05, 0.1) is 24.8 Å². The summed E-state index contributed by atoms with van der Waals surface area (Å²) in [7, 11) is 3.24. The van der Waals surface area contributed by atoms with E-state index in [1.165, 1.54) is 7.11 Å². The van der Waals surface area contributed by atoms with E-state index in [-0.39, 0.29) is 17.9 Å². The number of ether oxygens (including phenoxy) is 1. The van der Waals surface area contributed by atoms with Crippen LogP contribution in [-0.2, 0) is 9.53 Å². The van der Waals surface area contributed by atoms with Crippen LogP contribution in [0, 0.1) is 5.92 Å². The average molecular weight is 222 g/mol. The van der Waals surface area contributed by atoms with Crippen molar-refractivity contribution in [2.45, 2.75) is 19.4 Å². The molecule has 1 heterocycles. The number of nitrogens with zero attached hydrogens (tertiary/aromatic N) is 1. The van der Waals surface area contributed by atoms with Crippen molar-refractivity contribution < 1.29 is 9.53 Å². The second kappa shape index (κ2) is 6.23. The summed E-state index contributed by atoms with van der Waals surface area (Å²) in [5.41, 5.74) is 0.863. The summed E-state index contributed by atoms with van der Waals surface area (Å²) in [6, 6.07) is 5.58. The minimum absolute atomic E-state index is 0.0985. The van der Waals surface area contributed by atoms with Crippen molar-refractivity contribution >= 4 is 5.97 Å². The smallest absolute Gasteiger partial charge is 0.310 e. The predicted octanol–water partition coefficient (Wildman–Crippen LogP) is 1.54. The van der Waals surface area contributed by atoms with Crippen LogP contribution in [0.1, 0.15) is 25.1 Å². The van der Waals surface area contributed by atoms with Gasteiger partial charge in [0.15, 0.2) is 0 Å². The Morgan fingerprint density at radius 2 is 2.31 bits per heavy atom. The highest BCUT2D eigenvalue weighted by molar-refractivity contribution is 5.73. The van der Waals surface area contributed by atoms with Gasteiger partial charge >= 0.3 is 5.97 Å². The number of pyridine rings is 1. The molecule has 0 aromatic carbocycles. The monoisotopic (exact) mass is 222 g/mol. The fourth-order valence-electron chi connectivity index (χ4n) is 1.80. The lowest BCUT2D eigenvalue weighted by molar-refractivity contribution is -0.146. The molecule has 2 atom stereocenters. The molecule has 1 rings (SSSR count). The van der Waals surface area contributed by atoms with Gasteiger partial charge in [-0.25, -0.2) is 0 Å². The molecule has 16 heavy (non-hydrogen) atoms. The Kier molecular flexibility index (Phi) is 4.92. The largest absolute Gasteiger partial charge is 0.469 e. The zero-order valence-electron chi connectivity index (χ0n) is 9.93. The molecule has 0 aliphatic rings. The number of methoxy groups -OCH3 is 1. The van der Waals surface area contributed by atoms with Crippen LogP contribution in [0.2, 0.25) is 0 Å². The van der Waals surface area contributed by atoms with Gasteiger partial charge in [0, 0.05) is 6.20 Å². The Morgan fingerprint density at radius 1 is 1.56 bits per heavy atom. The highest BCUT2D eigenvalue weighted by Gasteiger charge is 2.28. The second-order valence-corrected chi connectivity index (χ2v) is 3.56. The SMILES string of the molecule is CCC(C(=O)OC)C(NC)c1ccccn1. The number of rotatable bonds is 5. The molecule has 4 nitrogen and oxygen atoms in total. The molecule has 0 bridgehead atoms. The topological polar surface area (TPSA) is 51.2 Å². The molecule has 0 spiro atoms. The molecule has 88 valence electrons. The predicted molar refractivity (Wildman–Crippen MR) is 61.8 cm³/mol. The molecule has 0 radical (unpaired) electrons. The molecular weight excluding hydrogens is 204 g/mol. The van der Waals surface area contributed by atoms with Crippen molar-refractivity contribution in [3.8, 4) is 0 Å². The minimum Gasteiger partial charge on any atom is -0.469 e. The number of esters is 1. The third-order valence-corrected chi connectivity index (χ3v) is 2.66. The quantitative estimate of drug-likeness (QED) is 0.768. The summed E-state index contributed by atoms with van der Waals surface area (Å²) in [6.07, 6.45) is 2.44. The Labute approximate surface area is 96.0 Å². The van der Waals surface area contributed by atoms with Crippen LogP contribution >= 0.6 is 0 Å². The summed E-state index contributed by atoms with van der Waals surface area (Å²) in [6.45, 7) is 1.97. The van der Waals surface area contributed by atoms with Crippen LogP contribution in [0.25, 0.3) is 0 Å². The molecule has 1 N–H and O–H groups in total. The number of nitrogens with one attached hydrogen (secondary N) is 1. The number of aromatic nitrogens is 1. The molecule has 0 aliphatic heterocycles. The third-order valence-electron chi connectivity index (χ3n) is 2.66. The number of hydrogen-bond acceptors (Lipinski definition) is 4. The van der Waals surface area contributed by atoms with E-state index in [1.807, 2.05) is 32.2 Å². The van der Waals surface area contributed by atoms with Crippen molar-refractivity contribution in [3.63, 3.8) is 0 Å². The van der Waals surface area contributed by atoms with Crippen molar-refractivity contribution in [3.05, 3.63) is 30.1 Å². The van der Waals surface area contributed by atoms with Gasteiger partial charge in [-0.15, -0.1) is 0 Å². The lowest BCUT2D eigenvalue weighted by Gasteiger charge is -2.23. The van der Waals surface area contributed by atoms with Gasteiger partial charge in [-0.1, -0.05) is 13.0 Å². The maximum atomic E-state index is 11.6. The first-order valence-corrected chi connectivity index (χ1v) is 5.40. The summed E-state index contributed by atoms with van der Waals surface area (Å²) in [4.78, 5) is 15.9. The van der Waals surface area contributed by atoms with E-state index in [1.54, 1.807) is 6.20 Å². The van der Waals surface area contributed by atoms with Crippen LogP contribution in [0.5, 0.6) is 0 Å². The molecule has 0 saturated heterocycles. The van der Waals surface area contributed by atoms with E-state index in [0.29, 0.717) is 0 Å². The standard InChI is InChI=1S/C12H18N2O2/c1-4-9(12(15)16-3)11(13-2)10-7-5-6-8-14-10/h5-9,11,13H,4H2,1-3H3. The van der Waals surface area contributed by atoms with Crippen LogP contribution in [0.4, 0.5) is 0 Å². The van der Waals surface area contributed by atoms with Gasteiger partial charge in [-0.2, -0.15) is 0 Å². The Balaban J connectivity index is 2.92. The van der Waals surface area contributed by atoms with E-state index in [9.17, 15) is 4.79 Å². The minimum atomic E-state index is -0.204. The van der Waals surface area contributed by atoms with Gasteiger partial charge < -0.3 is 10.1 Å². The lowest BCUT2D eigenvalue weighted by atomic mass is 9.94. The van der Waals surface area contributed by atoms with Gasteiger partial charge in [0.1, 0.15) is 0 Å².